The van der Waals surface area contributed by atoms with E-state index in [-0.39, 0.29) is 23.7 Å². The number of nitrogens with one attached hydrogen (secondary N) is 1. The number of rotatable bonds is 2. The zero-order valence-corrected chi connectivity index (χ0v) is 9.66. The first kappa shape index (κ1) is 12.0. The lowest BCUT2D eigenvalue weighted by molar-refractivity contribution is -0.120. The molecular weight excluding hydrogens is 219 g/mol. The van der Waals surface area contributed by atoms with Crippen LogP contribution in [0.2, 0.25) is 0 Å². The summed E-state index contributed by atoms with van der Waals surface area (Å²) in [5.41, 5.74) is 6.44. The summed E-state index contributed by atoms with van der Waals surface area (Å²) < 4.78 is 12.7. The van der Waals surface area contributed by atoms with Gasteiger partial charge in [-0.25, -0.2) is 4.39 Å². The molecule has 1 aliphatic carbocycles. The van der Waals surface area contributed by atoms with Gasteiger partial charge in [0.1, 0.15) is 5.82 Å². The standard InChI is InChI=1S/C13H17FN2O/c14-10-3-7-12(8-4-10)16-13(17)9-1-5-11(15)6-2-9/h3-4,7-9,11H,1-2,5-6,15H2,(H,16,17). The number of hydrogen-bond donors (Lipinski definition) is 2. The van der Waals surface area contributed by atoms with Crippen LogP contribution in [0.25, 0.3) is 0 Å². The molecule has 1 aliphatic rings. The van der Waals surface area contributed by atoms with Crippen molar-refractivity contribution in [3.8, 4) is 0 Å². The molecular formula is C13H17FN2O. The van der Waals surface area contributed by atoms with E-state index < -0.39 is 0 Å². The quantitative estimate of drug-likeness (QED) is 0.827. The van der Waals surface area contributed by atoms with Crippen molar-refractivity contribution < 1.29 is 9.18 Å². The molecule has 1 fully saturated rings. The first-order valence-electron chi connectivity index (χ1n) is 5.97. The molecule has 1 aromatic rings. The van der Waals surface area contributed by atoms with E-state index in [9.17, 15) is 9.18 Å². The number of hydrogen-bond acceptors (Lipinski definition) is 2. The number of halogens is 1. The Morgan fingerprint density at radius 1 is 1.18 bits per heavy atom. The monoisotopic (exact) mass is 236 g/mol. The van der Waals surface area contributed by atoms with Gasteiger partial charge in [0.05, 0.1) is 0 Å². The topological polar surface area (TPSA) is 55.1 Å². The Bertz CT molecular complexity index is 383. The number of carbonyl (C=O) groups excluding carboxylic acids is 1. The van der Waals surface area contributed by atoms with E-state index in [1.165, 1.54) is 12.1 Å². The highest BCUT2D eigenvalue weighted by Crippen LogP contribution is 2.24. The molecule has 2 rings (SSSR count). The summed E-state index contributed by atoms with van der Waals surface area (Å²) in [6, 6.07) is 6.06. The maximum absolute atomic E-state index is 12.7. The predicted molar refractivity (Wildman–Crippen MR) is 65.0 cm³/mol. The zero-order valence-electron chi connectivity index (χ0n) is 9.66. The van der Waals surface area contributed by atoms with E-state index in [4.69, 9.17) is 5.73 Å². The van der Waals surface area contributed by atoms with Crippen LogP contribution in [0.1, 0.15) is 25.7 Å². The fraction of sp³-hybridized carbons (Fsp3) is 0.462. The lowest BCUT2D eigenvalue weighted by Gasteiger charge is -2.25. The van der Waals surface area contributed by atoms with Crippen molar-refractivity contribution in [1.82, 2.24) is 0 Å². The summed E-state index contributed by atoms with van der Waals surface area (Å²) in [4.78, 5) is 11.9. The molecule has 4 heteroatoms. The van der Waals surface area contributed by atoms with Gasteiger partial charge in [-0.05, 0) is 49.9 Å². The van der Waals surface area contributed by atoms with Crippen molar-refractivity contribution in [3.05, 3.63) is 30.1 Å². The maximum Gasteiger partial charge on any atom is 0.227 e. The van der Waals surface area contributed by atoms with Crippen LogP contribution < -0.4 is 11.1 Å². The maximum atomic E-state index is 12.7. The summed E-state index contributed by atoms with van der Waals surface area (Å²) in [5.74, 6) is -0.241. The average molecular weight is 236 g/mol. The normalized spacial score (nSPS) is 24.4. The lowest BCUT2D eigenvalue weighted by atomic mass is 9.86. The molecule has 92 valence electrons. The molecule has 0 spiro atoms. The number of anilines is 1. The van der Waals surface area contributed by atoms with Crippen LogP contribution in [-0.2, 0) is 4.79 Å². The largest absolute Gasteiger partial charge is 0.328 e. The summed E-state index contributed by atoms with van der Waals surface area (Å²) in [6.45, 7) is 0. The Morgan fingerprint density at radius 2 is 1.76 bits per heavy atom. The van der Waals surface area contributed by atoms with Gasteiger partial charge in [-0.3, -0.25) is 4.79 Å². The Hall–Kier alpha value is -1.42. The van der Waals surface area contributed by atoms with Gasteiger partial charge in [-0.1, -0.05) is 0 Å². The van der Waals surface area contributed by atoms with Gasteiger partial charge in [0.15, 0.2) is 0 Å². The van der Waals surface area contributed by atoms with Crippen LogP contribution in [0.4, 0.5) is 10.1 Å². The molecule has 3 N–H and O–H groups in total. The first-order valence-corrected chi connectivity index (χ1v) is 5.97. The Labute approximate surface area is 100 Å². The molecule has 0 saturated heterocycles. The van der Waals surface area contributed by atoms with E-state index in [0.717, 1.165) is 25.7 Å². The highest BCUT2D eigenvalue weighted by atomic mass is 19.1. The number of benzene rings is 1. The highest BCUT2D eigenvalue weighted by Gasteiger charge is 2.24. The van der Waals surface area contributed by atoms with E-state index in [2.05, 4.69) is 5.32 Å². The molecule has 17 heavy (non-hydrogen) atoms. The predicted octanol–water partition coefficient (Wildman–Crippen LogP) is 2.28. The van der Waals surface area contributed by atoms with E-state index in [0.29, 0.717) is 5.69 Å². The number of nitrogens with two attached hydrogens (primary N) is 1. The minimum atomic E-state index is -0.299. The summed E-state index contributed by atoms with van der Waals surface area (Å²) in [6.07, 6.45) is 3.49. The van der Waals surface area contributed by atoms with Gasteiger partial charge >= 0.3 is 0 Å². The van der Waals surface area contributed by atoms with Gasteiger partial charge in [0.25, 0.3) is 0 Å². The molecule has 0 atom stereocenters. The van der Waals surface area contributed by atoms with Crippen LogP contribution in [0.15, 0.2) is 24.3 Å². The second-order valence-electron chi connectivity index (χ2n) is 4.61. The molecule has 1 aromatic carbocycles. The molecule has 0 aromatic heterocycles. The number of amides is 1. The third-order valence-electron chi connectivity index (χ3n) is 3.25. The van der Waals surface area contributed by atoms with Crippen molar-refractivity contribution in [3.63, 3.8) is 0 Å². The highest BCUT2D eigenvalue weighted by molar-refractivity contribution is 5.92. The van der Waals surface area contributed by atoms with Crippen LogP contribution in [-0.4, -0.2) is 11.9 Å². The fourth-order valence-corrected chi connectivity index (χ4v) is 2.16. The molecule has 1 saturated carbocycles. The molecule has 3 nitrogen and oxygen atoms in total. The van der Waals surface area contributed by atoms with Crippen molar-refractivity contribution >= 4 is 11.6 Å². The van der Waals surface area contributed by atoms with Crippen molar-refractivity contribution in [2.75, 3.05) is 5.32 Å². The third kappa shape index (κ3) is 3.27. The molecule has 0 radical (unpaired) electrons. The van der Waals surface area contributed by atoms with Crippen LogP contribution in [0.5, 0.6) is 0 Å². The van der Waals surface area contributed by atoms with Crippen LogP contribution in [0, 0.1) is 11.7 Å². The van der Waals surface area contributed by atoms with E-state index >= 15 is 0 Å². The molecule has 0 aliphatic heterocycles. The van der Waals surface area contributed by atoms with Crippen LogP contribution >= 0.6 is 0 Å². The van der Waals surface area contributed by atoms with Gasteiger partial charge in [0, 0.05) is 17.6 Å². The third-order valence-corrected chi connectivity index (χ3v) is 3.25. The Balaban J connectivity index is 1.90. The fourth-order valence-electron chi connectivity index (χ4n) is 2.16. The Kier molecular flexibility index (Phi) is 3.74. The summed E-state index contributed by atoms with van der Waals surface area (Å²) >= 11 is 0. The summed E-state index contributed by atoms with van der Waals surface area (Å²) in [5, 5.41) is 2.81. The van der Waals surface area contributed by atoms with Crippen molar-refractivity contribution in [1.29, 1.82) is 0 Å². The molecule has 0 unspecified atom stereocenters. The van der Waals surface area contributed by atoms with Gasteiger partial charge in [0.2, 0.25) is 5.91 Å². The second-order valence-corrected chi connectivity index (χ2v) is 4.61. The number of carbonyl (C=O) groups is 1. The minimum Gasteiger partial charge on any atom is -0.328 e. The van der Waals surface area contributed by atoms with Gasteiger partial charge in [-0.2, -0.15) is 0 Å². The summed E-state index contributed by atoms with van der Waals surface area (Å²) in [7, 11) is 0. The first-order chi connectivity index (χ1) is 8.15. The van der Waals surface area contributed by atoms with Gasteiger partial charge < -0.3 is 11.1 Å². The second kappa shape index (κ2) is 5.27. The molecule has 0 bridgehead atoms. The zero-order chi connectivity index (χ0) is 12.3. The van der Waals surface area contributed by atoms with E-state index in [1.807, 2.05) is 0 Å². The SMILES string of the molecule is NC1CCC(C(=O)Nc2ccc(F)cc2)CC1. The minimum absolute atomic E-state index is 0.0171. The van der Waals surface area contributed by atoms with E-state index in [1.54, 1.807) is 12.1 Å². The molecule has 1 amide bonds. The molecule has 0 heterocycles. The smallest absolute Gasteiger partial charge is 0.227 e. The average Bonchev–Trinajstić information content (AvgIpc) is 2.33. The Morgan fingerprint density at radius 3 is 2.35 bits per heavy atom. The van der Waals surface area contributed by atoms with Crippen molar-refractivity contribution in [2.45, 2.75) is 31.7 Å². The van der Waals surface area contributed by atoms with Crippen LogP contribution in [0.3, 0.4) is 0 Å². The van der Waals surface area contributed by atoms with Gasteiger partial charge in [-0.15, -0.1) is 0 Å². The van der Waals surface area contributed by atoms with Crippen molar-refractivity contribution in [2.24, 2.45) is 11.7 Å². The lowest BCUT2D eigenvalue weighted by Crippen LogP contribution is -2.32.